The molecule has 4 heteroatoms. The maximum Gasteiger partial charge on any atom is 3.00 e. The summed E-state index contributed by atoms with van der Waals surface area (Å²) in [6.45, 7) is 8.15. The molecule has 0 bridgehead atoms. The number of nitrogens with zero attached hydrogens (tertiary/aromatic N) is 1. The van der Waals surface area contributed by atoms with Gasteiger partial charge in [0.2, 0.25) is 0 Å². The van der Waals surface area contributed by atoms with Crippen LogP contribution >= 0.6 is 0 Å². The summed E-state index contributed by atoms with van der Waals surface area (Å²) in [4.78, 5) is 15.8. The van der Waals surface area contributed by atoms with E-state index in [0.717, 1.165) is 22.3 Å². The molecule has 3 nitrogen and oxygen atoms in total. The Morgan fingerprint density at radius 3 is 1.23 bits per heavy atom. The molecule has 0 atom stereocenters. The molecule has 1 amide bonds. The number of carbonyl (C=O) groups is 1. The third-order valence-corrected chi connectivity index (χ3v) is 7.66. The van der Waals surface area contributed by atoms with Crippen LogP contribution in [0.2, 0.25) is 0 Å². The van der Waals surface area contributed by atoms with Crippen LogP contribution in [0.4, 0.5) is 0 Å². The minimum Gasteiger partial charge on any atom is -0.874 e. The van der Waals surface area contributed by atoms with E-state index in [4.69, 9.17) is 0 Å². The fourth-order valence-electron chi connectivity index (χ4n) is 5.56. The van der Waals surface area contributed by atoms with Gasteiger partial charge in [-0.25, -0.2) is 0 Å². The van der Waals surface area contributed by atoms with Crippen molar-refractivity contribution in [1.82, 2.24) is 4.90 Å². The molecule has 2 fully saturated rings. The van der Waals surface area contributed by atoms with Crippen LogP contribution in [0.25, 0.3) is 11.1 Å². The number of allylic oxidation sites excluding steroid dienone is 4. The SMILES string of the molecule is CC(C)N(C(=O)C(=C1C=CC(C([O-])=C(c2ccccc2)c2ccccc2)C=C1)c1ccccc1)C(C)C.[CH]1[CH][CH][CH][CH]1.[CH]1[CH][CH][CH][CH]1.[Er+3]. The second kappa shape index (κ2) is 21.3. The molecule has 11 radical (unpaired) electrons. The summed E-state index contributed by atoms with van der Waals surface area (Å²) >= 11 is 0. The van der Waals surface area contributed by atoms with Gasteiger partial charge in [0.25, 0.3) is 5.91 Å². The predicted octanol–water partition coefficient (Wildman–Crippen LogP) is 8.69. The number of hydrogen-bond acceptors (Lipinski definition) is 2. The molecule has 0 N–H and O–H groups in total. The van der Waals surface area contributed by atoms with Crippen molar-refractivity contribution in [3.05, 3.63) is 208 Å². The van der Waals surface area contributed by atoms with E-state index in [-0.39, 0.29) is 61.1 Å². The van der Waals surface area contributed by atoms with Crippen LogP contribution in [0.1, 0.15) is 44.4 Å². The second-order valence-electron chi connectivity index (χ2n) is 11.7. The molecule has 0 aromatic heterocycles. The molecule has 48 heavy (non-hydrogen) atoms. The van der Waals surface area contributed by atoms with E-state index < -0.39 is 5.92 Å². The van der Waals surface area contributed by atoms with E-state index in [1.807, 2.05) is 212 Å². The monoisotopic (exact) mass is 784 g/mol. The summed E-state index contributed by atoms with van der Waals surface area (Å²) in [6, 6.07) is 29.5. The van der Waals surface area contributed by atoms with Crippen LogP contribution in [0.15, 0.2) is 127 Å². The van der Waals surface area contributed by atoms with Gasteiger partial charge in [-0.05, 0) is 120 Å². The largest absolute Gasteiger partial charge is 3.00 e. The molecule has 0 heterocycles. The molecule has 3 aliphatic carbocycles. The van der Waals surface area contributed by atoms with Crippen molar-refractivity contribution in [1.29, 1.82) is 0 Å². The van der Waals surface area contributed by atoms with Gasteiger partial charge < -0.3 is 10.0 Å². The summed E-state index contributed by atoms with van der Waals surface area (Å²) in [6.07, 6.45) is 27.7. The van der Waals surface area contributed by atoms with E-state index >= 15 is 0 Å². The molecule has 0 saturated heterocycles. The van der Waals surface area contributed by atoms with Crippen molar-refractivity contribution in [2.75, 3.05) is 0 Å². The van der Waals surface area contributed by atoms with E-state index in [9.17, 15) is 9.90 Å². The average molecular weight is 786 g/mol. The minimum absolute atomic E-state index is 0. The van der Waals surface area contributed by atoms with Gasteiger partial charge in [-0.15, -0.1) is 5.76 Å². The van der Waals surface area contributed by atoms with Crippen LogP contribution in [-0.4, -0.2) is 22.9 Å². The summed E-state index contributed by atoms with van der Waals surface area (Å²) in [5, 5.41) is 13.8. The van der Waals surface area contributed by atoms with Crippen LogP contribution < -0.4 is 5.11 Å². The Labute approximate surface area is 320 Å². The number of amides is 1. The van der Waals surface area contributed by atoms with E-state index in [1.54, 1.807) is 0 Å². The Bertz CT molecular complexity index is 1400. The van der Waals surface area contributed by atoms with Crippen molar-refractivity contribution >= 4 is 17.1 Å². The topological polar surface area (TPSA) is 43.4 Å². The quantitative estimate of drug-likeness (QED) is 0.178. The van der Waals surface area contributed by atoms with E-state index in [0.29, 0.717) is 11.1 Å². The van der Waals surface area contributed by atoms with E-state index in [1.165, 1.54) is 0 Å². The maximum absolute atomic E-state index is 13.8. The fraction of sp³-hybridized carbons (Fsp3) is 0.159. The maximum atomic E-state index is 13.8. The number of benzene rings is 3. The summed E-state index contributed by atoms with van der Waals surface area (Å²) in [5.41, 5.74) is 4.81. The van der Waals surface area contributed by atoms with Crippen molar-refractivity contribution in [3.63, 3.8) is 0 Å². The zero-order chi connectivity index (χ0) is 33.4. The van der Waals surface area contributed by atoms with Gasteiger partial charge in [-0.1, -0.05) is 115 Å². The molecular weight excluding hydrogens is 742 g/mol. The number of rotatable bonds is 7. The fourth-order valence-corrected chi connectivity index (χ4v) is 5.56. The molecule has 0 aliphatic heterocycles. The smallest absolute Gasteiger partial charge is 0.874 e. The van der Waals surface area contributed by atoms with Crippen molar-refractivity contribution in [3.8, 4) is 0 Å². The third-order valence-electron chi connectivity index (χ3n) is 7.66. The van der Waals surface area contributed by atoms with Crippen LogP contribution in [0.3, 0.4) is 0 Å². The standard InChI is InChI=1S/C34H35NO2.2C5H5.Er/c1-24(2)35(25(3)4)34(37)32(28-18-12-7-13-19-28)29-20-22-30(23-21-29)33(36)31(26-14-8-5-9-15-26)27-16-10-6-11-17-27;2*1-2-4-5-3-1;/h5-25,30,36H,1-4H3;2*1-5H;/q;;;+3/p-1. The van der Waals surface area contributed by atoms with Crippen LogP contribution in [0.5, 0.6) is 0 Å². The summed E-state index contributed by atoms with van der Waals surface area (Å²) in [5.74, 6) is -0.397. The molecule has 3 aliphatic rings. The molecular formula is C44H44ErNO2+2. The average Bonchev–Trinajstić information content (AvgIpc) is 3.87. The second-order valence-corrected chi connectivity index (χ2v) is 11.7. The van der Waals surface area contributed by atoms with Gasteiger partial charge in [0.1, 0.15) is 0 Å². The first-order valence-corrected chi connectivity index (χ1v) is 16.2. The first-order valence-electron chi connectivity index (χ1n) is 16.2. The Kier molecular flexibility index (Phi) is 17.5. The van der Waals surface area contributed by atoms with Gasteiger partial charge in [-0.3, -0.25) is 4.79 Å². The van der Waals surface area contributed by atoms with Gasteiger partial charge in [0.05, 0.1) is 5.57 Å². The van der Waals surface area contributed by atoms with Gasteiger partial charge >= 0.3 is 37.3 Å². The molecule has 3 aromatic carbocycles. The van der Waals surface area contributed by atoms with Crippen LogP contribution in [0, 0.1) is 107 Å². The molecule has 3 aromatic rings. The summed E-state index contributed by atoms with van der Waals surface area (Å²) < 4.78 is 0. The molecule has 0 unspecified atom stereocenters. The molecule has 0 spiro atoms. The van der Waals surface area contributed by atoms with Crippen LogP contribution in [-0.2, 0) is 4.79 Å². The van der Waals surface area contributed by atoms with Crippen molar-refractivity contribution in [2.45, 2.75) is 39.8 Å². The molecule has 247 valence electrons. The summed E-state index contributed by atoms with van der Waals surface area (Å²) in [7, 11) is 0. The van der Waals surface area contributed by atoms with E-state index in [2.05, 4.69) is 0 Å². The van der Waals surface area contributed by atoms with Gasteiger partial charge in [0.15, 0.2) is 0 Å². The van der Waals surface area contributed by atoms with Gasteiger partial charge in [-0.2, -0.15) is 0 Å². The third kappa shape index (κ3) is 11.6. The zero-order valence-corrected chi connectivity index (χ0v) is 29.9. The Balaban J connectivity index is 0.000000484. The predicted molar refractivity (Wildman–Crippen MR) is 194 cm³/mol. The Hall–Kier alpha value is -2.86. The first-order chi connectivity index (χ1) is 22.9. The Morgan fingerprint density at radius 2 is 0.896 bits per heavy atom. The number of carbonyl (C=O) groups excluding carboxylic acids is 1. The van der Waals surface area contributed by atoms with Gasteiger partial charge in [0, 0.05) is 18.0 Å². The molecule has 6 rings (SSSR count). The normalized spacial score (nSPS) is 16.3. The minimum atomic E-state index is -0.419. The molecule has 2 saturated carbocycles. The van der Waals surface area contributed by atoms with Crippen molar-refractivity contribution < 1.29 is 47.2 Å². The Morgan fingerprint density at radius 1 is 0.562 bits per heavy atom. The zero-order valence-electron chi connectivity index (χ0n) is 28.0. The van der Waals surface area contributed by atoms with Crippen molar-refractivity contribution in [2.24, 2.45) is 5.92 Å². The number of hydrogen-bond donors (Lipinski definition) is 0. The first kappa shape index (κ1) is 39.6.